The van der Waals surface area contributed by atoms with Crippen LogP contribution in [-0.2, 0) is 0 Å². The number of aromatic nitrogens is 2. The van der Waals surface area contributed by atoms with Crippen LogP contribution in [0.2, 0.25) is 0 Å². The van der Waals surface area contributed by atoms with Crippen molar-refractivity contribution in [2.45, 2.75) is 38.6 Å². The predicted octanol–water partition coefficient (Wildman–Crippen LogP) is 2.99. The largest absolute Gasteiger partial charge is 0.396 e. The van der Waals surface area contributed by atoms with Crippen molar-refractivity contribution >= 4 is 11.7 Å². The Morgan fingerprint density at radius 1 is 1.40 bits per heavy atom. The molecule has 1 aliphatic rings. The van der Waals surface area contributed by atoms with Gasteiger partial charge in [0.1, 0.15) is 5.69 Å². The standard InChI is InChI=1S/C18H23FN4O2/c1-12-9-20-23(10-12)17-7-6-14(8-15(17)19)21-18(25)22-16-5-3-2-4-13(16)11-24/h6-10,13,16,24H,2-5,11H2,1H3,(H2,21,22,25). The van der Waals surface area contributed by atoms with Gasteiger partial charge in [-0.3, -0.25) is 0 Å². The summed E-state index contributed by atoms with van der Waals surface area (Å²) in [6, 6.07) is 4.06. The number of amides is 2. The zero-order valence-electron chi connectivity index (χ0n) is 14.2. The Morgan fingerprint density at radius 3 is 2.88 bits per heavy atom. The summed E-state index contributed by atoms with van der Waals surface area (Å²) in [5, 5.41) is 19.0. The van der Waals surface area contributed by atoms with E-state index in [1.54, 1.807) is 24.5 Å². The average Bonchev–Trinajstić information content (AvgIpc) is 3.01. The fourth-order valence-electron chi connectivity index (χ4n) is 3.27. The Bertz CT molecular complexity index is 746. The van der Waals surface area contributed by atoms with Crippen LogP contribution in [-0.4, -0.2) is 33.6 Å². The smallest absolute Gasteiger partial charge is 0.319 e. The van der Waals surface area contributed by atoms with Crippen LogP contribution in [0.4, 0.5) is 14.9 Å². The van der Waals surface area contributed by atoms with Crippen molar-refractivity contribution in [2.24, 2.45) is 5.92 Å². The van der Waals surface area contributed by atoms with Gasteiger partial charge in [-0.05, 0) is 43.5 Å². The van der Waals surface area contributed by atoms with Gasteiger partial charge in [0.05, 0.1) is 6.20 Å². The highest BCUT2D eigenvalue weighted by Crippen LogP contribution is 2.24. The number of hydrogen-bond donors (Lipinski definition) is 3. The van der Waals surface area contributed by atoms with E-state index in [0.29, 0.717) is 11.4 Å². The molecule has 0 bridgehead atoms. The Kier molecular flexibility index (Phi) is 5.33. The number of nitrogens with zero attached hydrogens (tertiary/aromatic N) is 2. The van der Waals surface area contributed by atoms with Crippen molar-refractivity contribution < 1.29 is 14.3 Å². The molecule has 2 aromatic rings. The number of carbonyl (C=O) groups is 1. The highest BCUT2D eigenvalue weighted by Gasteiger charge is 2.25. The van der Waals surface area contributed by atoms with Gasteiger partial charge in [-0.1, -0.05) is 12.8 Å². The fraction of sp³-hybridized carbons (Fsp3) is 0.444. The monoisotopic (exact) mass is 346 g/mol. The first-order valence-corrected chi connectivity index (χ1v) is 8.56. The summed E-state index contributed by atoms with van der Waals surface area (Å²) in [4.78, 5) is 12.2. The van der Waals surface area contributed by atoms with E-state index in [-0.39, 0.29) is 24.6 Å². The van der Waals surface area contributed by atoms with Crippen molar-refractivity contribution in [3.63, 3.8) is 0 Å². The Labute approximate surface area is 146 Å². The van der Waals surface area contributed by atoms with E-state index in [1.165, 1.54) is 10.7 Å². The molecule has 3 rings (SSSR count). The molecule has 1 saturated carbocycles. The number of urea groups is 1. The summed E-state index contributed by atoms with van der Waals surface area (Å²) in [6.45, 7) is 1.95. The van der Waals surface area contributed by atoms with Gasteiger partial charge in [0.25, 0.3) is 0 Å². The maximum atomic E-state index is 14.3. The number of anilines is 1. The van der Waals surface area contributed by atoms with E-state index in [2.05, 4.69) is 15.7 Å². The van der Waals surface area contributed by atoms with E-state index in [1.807, 2.05) is 6.92 Å². The molecular weight excluding hydrogens is 323 g/mol. The first-order valence-electron chi connectivity index (χ1n) is 8.56. The number of benzene rings is 1. The lowest BCUT2D eigenvalue weighted by molar-refractivity contribution is 0.156. The molecule has 1 aliphatic carbocycles. The van der Waals surface area contributed by atoms with Gasteiger partial charge in [-0.25, -0.2) is 13.9 Å². The lowest BCUT2D eigenvalue weighted by Crippen LogP contribution is -2.45. The molecule has 1 heterocycles. The third-order valence-electron chi connectivity index (χ3n) is 4.62. The van der Waals surface area contributed by atoms with Crippen LogP contribution in [0.3, 0.4) is 0 Å². The van der Waals surface area contributed by atoms with Crippen molar-refractivity contribution in [3.05, 3.63) is 42.0 Å². The van der Waals surface area contributed by atoms with Crippen LogP contribution < -0.4 is 10.6 Å². The van der Waals surface area contributed by atoms with Gasteiger partial charge in [0.2, 0.25) is 0 Å². The minimum absolute atomic E-state index is 0.0464. The minimum atomic E-state index is -0.466. The van der Waals surface area contributed by atoms with Crippen molar-refractivity contribution in [3.8, 4) is 5.69 Å². The second-order valence-corrected chi connectivity index (χ2v) is 6.56. The molecule has 25 heavy (non-hydrogen) atoms. The second-order valence-electron chi connectivity index (χ2n) is 6.56. The third-order valence-corrected chi connectivity index (χ3v) is 4.62. The van der Waals surface area contributed by atoms with Crippen LogP contribution in [0, 0.1) is 18.7 Å². The third kappa shape index (κ3) is 4.17. The number of nitrogens with one attached hydrogen (secondary N) is 2. The number of aliphatic hydroxyl groups is 1. The average molecular weight is 346 g/mol. The predicted molar refractivity (Wildman–Crippen MR) is 93.2 cm³/mol. The van der Waals surface area contributed by atoms with Crippen LogP contribution >= 0.6 is 0 Å². The highest BCUT2D eigenvalue weighted by molar-refractivity contribution is 5.89. The summed E-state index contributed by atoms with van der Waals surface area (Å²) in [5.74, 6) is -0.381. The summed E-state index contributed by atoms with van der Waals surface area (Å²) in [6.07, 6.45) is 7.26. The van der Waals surface area contributed by atoms with Gasteiger partial charge in [0, 0.05) is 30.5 Å². The van der Waals surface area contributed by atoms with Crippen molar-refractivity contribution in [1.29, 1.82) is 0 Å². The van der Waals surface area contributed by atoms with Gasteiger partial charge >= 0.3 is 6.03 Å². The molecule has 0 radical (unpaired) electrons. The number of rotatable bonds is 4. The lowest BCUT2D eigenvalue weighted by Gasteiger charge is -2.30. The van der Waals surface area contributed by atoms with Gasteiger partial charge in [-0.15, -0.1) is 0 Å². The zero-order chi connectivity index (χ0) is 17.8. The molecule has 2 atom stereocenters. The SMILES string of the molecule is Cc1cnn(-c2ccc(NC(=O)NC3CCCCC3CO)cc2F)c1. The van der Waals surface area contributed by atoms with Crippen molar-refractivity contribution in [2.75, 3.05) is 11.9 Å². The number of hydrogen-bond acceptors (Lipinski definition) is 3. The van der Waals surface area contributed by atoms with Crippen LogP contribution in [0.15, 0.2) is 30.6 Å². The minimum Gasteiger partial charge on any atom is -0.396 e. The molecule has 6 nitrogen and oxygen atoms in total. The fourth-order valence-corrected chi connectivity index (χ4v) is 3.27. The lowest BCUT2D eigenvalue weighted by atomic mass is 9.85. The molecule has 2 unspecified atom stereocenters. The molecule has 7 heteroatoms. The van der Waals surface area contributed by atoms with Crippen LogP contribution in [0.1, 0.15) is 31.2 Å². The second kappa shape index (κ2) is 7.65. The summed E-state index contributed by atoms with van der Waals surface area (Å²) < 4.78 is 15.8. The normalized spacial score (nSPS) is 20.3. The van der Waals surface area contributed by atoms with Crippen molar-refractivity contribution in [1.82, 2.24) is 15.1 Å². The summed E-state index contributed by atoms with van der Waals surface area (Å²) >= 11 is 0. The van der Waals surface area contributed by atoms with E-state index in [4.69, 9.17) is 0 Å². The first kappa shape index (κ1) is 17.4. The summed E-state index contributed by atoms with van der Waals surface area (Å²) in [7, 11) is 0. The Balaban J connectivity index is 1.64. The Hall–Kier alpha value is -2.41. The molecule has 3 N–H and O–H groups in total. The topological polar surface area (TPSA) is 79.2 Å². The molecule has 0 aliphatic heterocycles. The van der Waals surface area contributed by atoms with Gasteiger partial charge in [0.15, 0.2) is 5.82 Å². The van der Waals surface area contributed by atoms with E-state index in [9.17, 15) is 14.3 Å². The molecular formula is C18H23FN4O2. The molecule has 0 saturated heterocycles. The number of aliphatic hydroxyl groups excluding tert-OH is 1. The quantitative estimate of drug-likeness (QED) is 0.796. The van der Waals surface area contributed by atoms with Crippen LogP contribution in [0.5, 0.6) is 0 Å². The van der Waals surface area contributed by atoms with E-state index < -0.39 is 5.82 Å². The molecule has 0 spiro atoms. The molecule has 1 aromatic carbocycles. The van der Waals surface area contributed by atoms with Gasteiger partial charge < -0.3 is 15.7 Å². The molecule has 2 amide bonds. The number of carbonyl (C=O) groups excluding carboxylic acids is 1. The molecule has 134 valence electrons. The number of halogens is 1. The Morgan fingerprint density at radius 2 is 2.20 bits per heavy atom. The maximum absolute atomic E-state index is 14.3. The number of aryl methyl sites for hydroxylation is 1. The summed E-state index contributed by atoms with van der Waals surface area (Å²) in [5.41, 5.74) is 1.64. The molecule has 1 aromatic heterocycles. The van der Waals surface area contributed by atoms with Gasteiger partial charge in [-0.2, -0.15) is 5.10 Å². The first-order chi connectivity index (χ1) is 12.1. The van der Waals surface area contributed by atoms with E-state index in [0.717, 1.165) is 31.2 Å². The molecule has 1 fully saturated rings. The van der Waals surface area contributed by atoms with E-state index >= 15 is 0 Å². The highest BCUT2D eigenvalue weighted by atomic mass is 19.1. The maximum Gasteiger partial charge on any atom is 0.319 e. The zero-order valence-corrected chi connectivity index (χ0v) is 14.2. The van der Waals surface area contributed by atoms with Crippen LogP contribution in [0.25, 0.3) is 5.69 Å².